The highest BCUT2D eigenvalue weighted by Crippen LogP contribution is 2.29. The molecule has 1 aliphatic heterocycles. The Morgan fingerprint density at radius 3 is 2.51 bits per heavy atom. The number of hydrogen-bond acceptors (Lipinski definition) is 5. The zero-order valence-corrected chi connectivity index (χ0v) is 20.2. The van der Waals surface area contributed by atoms with E-state index in [-0.39, 0.29) is 24.5 Å². The number of nitrogens with two attached hydrogens (primary N) is 1. The Kier molecular flexibility index (Phi) is 7.80. The van der Waals surface area contributed by atoms with E-state index in [9.17, 15) is 9.59 Å². The number of ether oxygens (including phenoxy) is 1. The first-order valence-electron chi connectivity index (χ1n) is 11.8. The lowest BCUT2D eigenvalue weighted by atomic mass is 10.0. The molecule has 1 aliphatic rings. The normalized spacial score (nSPS) is 15.6. The summed E-state index contributed by atoms with van der Waals surface area (Å²) < 4.78 is 5.97. The summed E-state index contributed by atoms with van der Waals surface area (Å²) in [6.45, 7) is 4.47. The standard InChI is InChI=1S/C28H32N4O3/c1-19-4-3-5-21(14-19)22-8-11-26(23(15-22)16-32-13-12-24(29)17-32)35-18-27(33)31-25-9-6-20(7-10-25)28(34)30-2/h3-11,14-15,24H,12-13,16-18,29H2,1-2H3,(H,30,34)(H,31,33)/t24-/m0/s1. The predicted octanol–water partition coefficient (Wildman–Crippen LogP) is 3.57. The van der Waals surface area contributed by atoms with Crippen LogP contribution in [0.2, 0.25) is 0 Å². The first kappa shape index (κ1) is 24.4. The molecule has 0 unspecified atom stereocenters. The van der Waals surface area contributed by atoms with E-state index >= 15 is 0 Å². The van der Waals surface area contributed by atoms with Crippen LogP contribution in [-0.4, -0.2) is 49.5 Å². The van der Waals surface area contributed by atoms with Crippen LogP contribution in [0.15, 0.2) is 66.7 Å². The third kappa shape index (κ3) is 6.47. The van der Waals surface area contributed by atoms with Crippen LogP contribution in [0.1, 0.15) is 27.9 Å². The van der Waals surface area contributed by atoms with Gasteiger partial charge in [-0.1, -0.05) is 35.9 Å². The molecule has 0 spiro atoms. The lowest BCUT2D eigenvalue weighted by molar-refractivity contribution is -0.118. The van der Waals surface area contributed by atoms with Crippen molar-refractivity contribution >= 4 is 17.5 Å². The van der Waals surface area contributed by atoms with Crippen molar-refractivity contribution in [1.82, 2.24) is 10.2 Å². The molecular weight excluding hydrogens is 440 g/mol. The van der Waals surface area contributed by atoms with Gasteiger partial charge in [0, 0.05) is 49.5 Å². The van der Waals surface area contributed by atoms with E-state index in [1.807, 2.05) is 12.1 Å². The van der Waals surface area contributed by atoms with Gasteiger partial charge in [0.2, 0.25) is 0 Å². The minimum absolute atomic E-state index is 0.118. The van der Waals surface area contributed by atoms with Crippen LogP contribution in [0.25, 0.3) is 11.1 Å². The second-order valence-electron chi connectivity index (χ2n) is 8.97. The molecular formula is C28H32N4O3. The average Bonchev–Trinajstić information content (AvgIpc) is 3.27. The van der Waals surface area contributed by atoms with Gasteiger partial charge in [-0.15, -0.1) is 0 Å². The van der Waals surface area contributed by atoms with E-state index in [0.717, 1.165) is 36.2 Å². The molecule has 2 amide bonds. The van der Waals surface area contributed by atoms with Gasteiger partial charge in [0.15, 0.2) is 6.61 Å². The lowest BCUT2D eigenvalue weighted by Gasteiger charge is -2.19. The van der Waals surface area contributed by atoms with Crippen molar-refractivity contribution in [2.75, 3.05) is 32.1 Å². The second-order valence-corrected chi connectivity index (χ2v) is 8.97. The smallest absolute Gasteiger partial charge is 0.262 e. The summed E-state index contributed by atoms with van der Waals surface area (Å²) in [5.74, 6) is 0.244. The molecule has 1 fully saturated rings. The van der Waals surface area contributed by atoms with Crippen LogP contribution in [0.5, 0.6) is 5.75 Å². The number of hydrogen-bond donors (Lipinski definition) is 3. The van der Waals surface area contributed by atoms with Gasteiger partial charge in [0.05, 0.1) is 0 Å². The third-order valence-corrected chi connectivity index (χ3v) is 6.13. The van der Waals surface area contributed by atoms with Crippen molar-refractivity contribution in [3.63, 3.8) is 0 Å². The van der Waals surface area contributed by atoms with Crippen LogP contribution in [-0.2, 0) is 11.3 Å². The number of rotatable bonds is 8. The number of nitrogens with one attached hydrogen (secondary N) is 2. The molecule has 0 radical (unpaired) electrons. The molecule has 1 atom stereocenters. The fraction of sp³-hybridized carbons (Fsp3) is 0.286. The number of nitrogens with zero attached hydrogens (tertiary/aromatic N) is 1. The Morgan fingerprint density at radius 1 is 1.06 bits per heavy atom. The SMILES string of the molecule is CNC(=O)c1ccc(NC(=O)COc2ccc(-c3cccc(C)c3)cc2CN2CC[C@H](N)C2)cc1. The molecule has 4 N–H and O–H groups in total. The number of likely N-dealkylation sites (tertiary alicyclic amines) is 1. The van der Waals surface area contributed by atoms with Crippen LogP contribution in [0, 0.1) is 6.92 Å². The van der Waals surface area contributed by atoms with Gasteiger partial charge >= 0.3 is 0 Å². The Bertz CT molecular complexity index is 1190. The largest absolute Gasteiger partial charge is 0.483 e. The van der Waals surface area contributed by atoms with Gasteiger partial charge in [-0.25, -0.2) is 0 Å². The summed E-state index contributed by atoms with van der Waals surface area (Å²) in [5.41, 5.74) is 11.7. The van der Waals surface area contributed by atoms with Crippen LogP contribution >= 0.6 is 0 Å². The molecule has 1 saturated heterocycles. The second kappa shape index (κ2) is 11.2. The molecule has 182 valence electrons. The topological polar surface area (TPSA) is 96.7 Å². The van der Waals surface area contributed by atoms with E-state index in [0.29, 0.717) is 23.5 Å². The highest BCUT2D eigenvalue weighted by atomic mass is 16.5. The quantitative estimate of drug-likeness (QED) is 0.466. The highest BCUT2D eigenvalue weighted by Gasteiger charge is 2.21. The molecule has 7 heteroatoms. The summed E-state index contributed by atoms with van der Waals surface area (Å²) in [5, 5.41) is 5.39. The van der Waals surface area contributed by atoms with Crippen LogP contribution in [0.4, 0.5) is 5.69 Å². The Hall–Kier alpha value is -3.68. The molecule has 0 aromatic heterocycles. The first-order valence-corrected chi connectivity index (χ1v) is 11.8. The minimum Gasteiger partial charge on any atom is -0.483 e. The van der Waals surface area contributed by atoms with E-state index in [1.165, 1.54) is 5.56 Å². The van der Waals surface area contributed by atoms with Crippen molar-refractivity contribution in [2.45, 2.75) is 25.9 Å². The fourth-order valence-corrected chi connectivity index (χ4v) is 4.28. The molecule has 7 nitrogen and oxygen atoms in total. The minimum atomic E-state index is -0.269. The monoisotopic (exact) mass is 472 g/mol. The summed E-state index contributed by atoms with van der Waals surface area (Å²) in [6, 6.07) is 21.4. The van der Waals surface area contributed by atoms with Gasteiger partial charge in [0.1, 0.15) is 5.75 Å². The molecule has 3 aromatic rings. The van der Waals surface area contributed by atoms with Crippen molar-refractivity contribution in [2.24, 2.45) is 5.73 Å². The first-order chi connectivity index (χ1) is 16.9. The maximum atomic E-state index is 12.5. The van der Waals surface area contributed by atoms with E-state index < -0.39 is 0 Å². The van der Waals surface area contributed by atoms with Gasteiger partial charge in [-0.2, -0.15) is 0 Å². The van der Waals surface area contributed by atoms with Crippen LogP contribution in [0.3, 0.4) is 0 Å². The maximum Gasteiger partial charge on any atom is 0.262 e. The van der Waals surface area contributed by atoms with E-state index in [1.54, 1.807) is 31.3 Å². The van der Waals surface area contributed by atoms with E-state index in [2.05, 4.69) is 52.8 Å². The van der Waals surface area contributed by atoms with Gasteiger partial charge < -0.3 is 21.1 Å². The van der Waals surface area contributed by atoms with Crippen molar-refractivity contribution in [3.05, 3.63) is 83.4 Å². The zero-order valence-electron chi connectivity index (χ0n) is 20.2. The predicted molar refractivity (Wildman–Crippen MR) is 138 cm³/mol. The van der Waals surface area contributed by atoms with E-state index in [4.69, 9.17) is 10.5 Å². The number of carbonyl (C=O) groups excluding carboxylic acids is 2. The Morgan fingerprint density at radius 2 is 1.83 bits per heavy atom. The molecule has 35 heavy (non-hydrogen) atoms. The summed E-state index contributed by atoms with van der Waals surface area (Å²) in [4.78, 5) is 26.5. The van der Waals surface area contributed by atoms with Gasteiger partial charge in [0.25, 0.3) is 11.8 Å². The fourth-order valence-electron chi connectivity index (χ4n) is 4.28. The van der Waals surface area contributed by atoms with Gasteiger partial charge in [-0.3, -0.25) is 14.5 Å². The number of anilines is 1. The Labute approximate surface area is 206 Å². The molecule has 1 heterocycles. The lowest BCUT2D eigenvalue weighted by Crippen LogP contribution is -2.26. The van der Waals surface area contributed by atoms with Gasteiger partial charge in [-0.05, 0) is 60.9 Å². The molecule has 0 aliphatic carbocycles. The third-order valence-electron chi connectivity index (χ3n) is 6.13. The van der Waals surface area contributed by atoms with Crippen molar-refractivity contribution in [3.8, 4) is 16.9 Å². The molecule has 0 saturated carbocycles. The van der Waals surface area contributed by atoms with Crippen molar-refractivity contribution < 1.29 is 14.3 Å². The Balaban J connectivity index is 1.46. The summed E-state index contributed by atoms with van der Waals surface area (Å²) in [6.07, 6.45) is 0.981. The van der Waals surface area contributed by atoms with Crippen LogP contribution < -0.4 is 21.1 Å². The number of carbonyl (C=O) groups is 2. The number of amides is 2. The number of benzene rings is 3. The summed E-state index contributed by atoms with van der Waals surface area (Å²) >= 11 is 0. The maximum absolute atomic E-state index is 12.5. The average molecular weight is 473 g/mol. The number of aryl methyl sites for hydroxylation is 1. The highest BCUT2D eigenvalue weighted by molar-refractivity contribution is 5.95. The zero-order chi connectivity index (χ0) is 24.8. The summed E-state index contributed by atoms with van der Waals surface area (Å²) in [7, 11) is 1.58. The molecule has 3 aromatic carbocycles. The molecule has 4 rings (SSSR count). The molecule has 0 bridgehead atoms. The van der Waals surface area contributed by atoms with Crippen molar-refractivity contribution in [1.29, 1.82) is 0 Å².